The molecule has 0 saturated carbocycles. The molecule has 0 bridgehead atoms. The van der Waals surface area contributed by atoms with Crippen molar-refractivity contribution in [3.05, 3.63) is 54.6 Å². The van der Waals surface area contributed by atoms with Crippen LogP contribution in [0, 0.1) is 0 Å². The molecular formula is C18H18N3O2+. The molecule has 5 nitrogen and oxygen atoms in total. The number of carboxylic acid groups (broad SMARTS) is 1. The standard InChI is InChI=1S/C18H17N3O2/c1-2-14(18(22)23)19-17-13-10-6-7-11-15(13)20-16(21-17)12-8-4-3-5-9-12/h3-11,14H,2H2,1H3,(H,22,23)(H,19,20,21)/p+1. The molecule has 23 heavy (non-hydrogen) atoms. The molecule has 3 aromatic rings. The summed E-state index contributed by atoms with van der Waals surface area (Å²) in [6.07, 6.45) is 0.522. The van der Waals surface area contributed by atoms with E-state index < -0.39 is 12.0 Å². The molecule has 5 heteroatoms. The minimum Gasteiger partial charge on any atom is -0.477 e. The van der Waals surface area contributed by atoms with Crippen molar-refractivity contribution in [2.24, 2.45) is 0 Å². The number of hydrogen-bond donors (Lipinski definition) is 2. The van der Waals surface area contributed by atoms with Crippen LogP contribution in [0.2, 0.25) is 0 Å². The third kappa shape index (κ3) is 3.19. The summed E-state index contributed by atoms with van der Waals surface area (Å²) in [5.74, 6) is 0.441. The van der Waals surface area contributed by atoms with Gasteiger partial charge in [-0.2, -0.15) is 4.98 Å². The second kappa shape index (κ2) is 6.54. The van der Waals surface area contributed by atoms with E-state index >= 15 is 0 Å². The molecule has 0 spiro atoms. The third-order valence-electron chi connectivity index (χ3n) is 3.78. The molecule has 1 atom stereocenters. The number of nitrogens with zero attached hydrogens (tertiary/aromatic N) is 2. The van der Waals surface area contributed by atoms with E-state index in [0.29, 0.717) is 18.1 Å². The van der Waals surface area contributed by atoms with Crippen molar-refractivity contribution in [1.29, 1.82) is 0 Å². The summed E-state index contributed by atoms with van der Waals surface area (Å²) < 4.78 is 0. The van der Waals surface area contributed by atoms with E-state index in [2.05, 4.69) is 9.97 Å². The molecule has 1 aromatic heterocycles. The number of rotatable bonds is 5. The number of hydrogen-bond acceptors (Lipinski definition) is 3. The first-order valence-corrected chi connectivity index (χ1v) is 7.59. The Labute approximate surface area is 134 Å². The molecule has 116 valence electrons. The zero-order valence-corrected chi connectivity index (χ0v) is 12.8. The summed E-state index contributed by atoms with van der Waals surface area (Å²) in [4.78, 5) is 20.6. The van der Waals surface area contributed by atoms with Crippen LogP contribution in [0.3, 0.4) is 0 Å². The van der Waals surface area contributed by atoms with Gasteiger partial charge < -0.3 is 5.11 Å². The molecule has 0 fully saturated rings. The fourth-order valence-corrected chi connectivity index (χ4v) is 2.50. The molecule has 3 rings (SSSR count). The highest BCUT2D eigenvalue weighted by molar-refractivity contribution is 5.87. The van der Waals surface area contributed by atoms with E-state index in [-0.39, 0.29) is 0 Å². The van der Waals surface area contributed by atoms with Gasteiger partial charge in [-0.25, -0.2) is 9.78 Å². The summed E-state index contributed by atoms with van der Waals surface area (Å²) in [5.41, 5.74) is 1.73. The average molecular weight is 308 g/mol. The molecule has 0 aliphatic carbocycles. The van der Waals surface area contributed by atoms with Crippen molar-refractivity contribution < 1.29 is 15.2 Å². The van der Waals surface area contributed by atoms with Gasteiger partial charge >= 0.3 is 5.97 Å². The number of carbonyl (C=O) groups is 1. The summed E-state index contributed by atoms with van der Waals surface area (Å²) >= 11 is 0. The SMILES string of the molecule is CCC([NH2+]c1nc(-c2ccccc2)nc2ccccc12)C(=O)O. The lowest BCUT2D eigenvalue weighted by Gasteiger charge is -2.11. The van der Waals surface area contributed by atoms with Crippen LogP contribution in [0.25, 0.3) is 22.3 Å². The Morgan fingerprint density at radius 2 is 1.78 bits per heavy atom. The van der Waals surface area contributed by atoms with E-state index in [0.717, 1.165) is 16.5 Å². The highest BCUT2D eigenvalue weighted by atomic mass is 16.4. The van der Waals surface area contributed by atoms with Crippen LogP contribution in [-0.4, -0.2) is 27.1 Å². The number of nitrogens with two attached hydrogens (primary N) is 1. The fourth-order valence-electron chi connectivity index (χ4n) is 2.50. The highest BCUT2D eigenvalue weighted by Gasteiger charge is 2.22. The minimum atomic E-state index is -0.837. The van der Waals surface area contributed by atoms with Crippen LogP contribution in [0.5, 0.6) is 0 Å². The Hall–Kier alpha value is -2.79. The number of aliphatic carboxylic acids is 1. The summed E-state index contributed by atoms with van der Waals surface area (Å²) in [6, 6.07) is 16.8. The van der Waals surface area contributed by atoms with E-state index in [1.807, 2.05) is 61.5 Å². The van der Waals surface area contributed by atoms with Crippen molar-refractivity contribution in [3.63, 3.8) is 0 Å². The number of benzene rings is 2. The first-order valence-electron chi connectivity index (χ1n) is 7.59. The number of para-hydroxylation sites is 1. The molecule has 3 N–H and O–H groups in total. The minimum absolute atomic E-state index is 0.522. The van der Waals surface area contributed by atoms with Gasteiger partial charge in [0.05, 0.1) is 10.9 Å². The lowest BCUT2D eigenvalue weighted by Crippen LogP contribution is -2.87. The Bertz CT molecular complexity index is 834. The van der Waals surface area contributed by atoms with Gasteiger partial charge in [0.1, 0.15) is 0 Å². The van der Waals surface area contributed by atoms with Gasteiger partial charge in [-0.3, -0.25) is 5.32 Å². The van der Waals surface area contributed by atoms with Crippen molar-refractivity contribution in [2.45, 2.75) is 19.4 Å². The van der Waals surface area contributed by atoms with Crippen LogP contribution >= 0.6 is 0 Å². The van der Waals surface area contributed by atoms with Gasteiger partial charge in [0.2, 0.25) is 5.82 Å². The molecule has 1 unspecified atom stereocenters. The Kier molecular flexibility index (Phi) is 4.30. The molecule has 0 saturated heterocycles. The van der Waals surface area contributed by atoms with Crippen LogP contribution < -0.4 is 5.32 Å². The summed E-state index contributed by atoms with van der Waals surface area (Å²) in [7, 11) is 0. The number of carboxylic acids is 1. The van der Waals surface area contributed by atoms with Gasteiger partial charge in [-0.05, 0) is 12.1 Å². The van der Waals surface area contributed by atoms with E-state index in [1.54, 1.807) is 5.32 Å². The van der Waals surface area contributed by atoms with Crippen LogP contribution in [0.1, 0.15) is 13.3 Å². The predicted molar refractivity (Wildman–Crippen MR) is 88.3 cm³/mol. The Morgan fingerprint density at radius 3 is 2.48 bits per heavy atom. The molecule has 0 amide bonds. The summed E-state index contributed by atoms with van der Waals surface area (Å²) in [6.45, 7) is 1.86. The predicted octanol–water partition coefficient (Wildman–Crippen LogP) is 2.35. The Balaban J connectivity index is 2.13. The zero-order valence-electron chi connectivity index (χ0n) is 12.8. The van der Waals surface area contributed by atoms with Crippen molar-refractivity contribution in [2.75, 3.05) is 0 Å². The molecular weight excluding hydrogens is 290 g/mol. The zero-order chi connectivity index (χ0) is 16.2. The van der Waals surface area contributed by atoms with E-state index in [1.165, 1.54) is 0 Å². The Morgan fingerprint density at radius 1 is 1.09 bits per heavy atom. The number of fused-ring (bicyclic) bond motifs is 1. The normalized spacial score (nSPS) is 12.2. The second-order valence-electron chi connectivity index (χ2n) is 5.34. The van der Waals surface area contributed by atoms with E-state index in [4.69, 9.17) is 0 Å². The van der Waals surface area contributed by atoms with Gasteiger partial charge in [0.25, 0.3) is 0 Å². The first kappa shape index (κ1) is 15.1. The van der Waals surface area contributed by atoms with Crippen molar-refractivity contribution in [1.82, 2.24) is 9.97 Å². The average Bonchev–Trinajstić information content (AvgIpc) is 2.59. The smallest absolute Gasteiger partial charge is 0.362 e. The van der Waals surface area contributed by atoms with Crippen molar-refractivity contribution in [3.8, 4) is 11.4 Å². The molecule has 0 radical (unpaired) electrons. The maximum atomic E-state index is 11.4. The van der Waals surface area contributed by atoms with Crippen LogP contribution in [0.15, 0.2) is 54.6 Å². The molecule has 1 heterocycles. The van der Waals surface area contributed by atoms with Gasteiger partial charge in [0.15, 0.2) is 11.9 Å². The van der Waals surface area contributed by atoms with Crippen LogP contribution in [0.4, 0.5) is 5.82 Å². The van der Waals surface area contributed by atoms with E-state index in [9.17, 15) is 9.90 Å². The highest BCUT2D eigenvalue weighted by Crippen LogP contribution is 2.22. The van der Waals surface area contributed by atoms with Gasteiger partial charge in [-0.15, -0.1) is 0 Å². The van der Waals surface area contributed by atoms with Gasteiger partial charge in [-0.1, -0.05) is 49.4 Å². The second-order valence-corrected chi connectivity index (χ2v) is 5.34. The first-order chi connectivity index (χ1) is 11.2. The maximum Gasteiger partial charge on any atom is 0.362 e. The quantitative estimate of drug-likeness (QED) is 0.758. The maximum absolute atomic E-state index is 11.4. The fraction of sp³-hybridized carbons (Fsp3) is 0.167. The molecule has 0 aliphatic heterocycles. The number of quaternary nitrogens is 1. The largest absolute Gasteiger partial charge is 0.477 e. The lowest BCUT2D eigenvalue weighted by atomic mass is 10.1. The monoisotopic (exact) mass is 308 g/mol. The summed E-state index contributed by atoms with van der Waals surface area (Å²) in [5, 5.41) is 11.9. The van der Waals surface area contributed by atoms with Gasteiger partial charge in [0, 0.05) is 12.0 Å². The topological polar surface area (TPSA) is 79.7 Å². The molecule has 0 aliphatic rings. The lowest BCUT2D eigenvalue weighted by molar-refractivity contribution is -0.601. The van der Waals surface area contributed by atoms with Crippen molar-refractivity contribution >= 4 is 22.7 Å². The molecule has 2 aromatic carbocycles. The third-order valence-corrected chi connectivity index (χ3v) is 3.78. The number of aromatic nitrogens is 2. The van der Waals surface area contributed by atoms with Crippen LogP contribution in [-0.2, 0) is 4.79 Å².